The lowest BCUT2D eigenvalue weighted by Crippen LogP contribution is -2.32. The van der Waals surface area contributed by atoms with Gasteiger partial charge in [-0.3, -0.25) is 4.79 Å². The van der Waals surface area contributed by atoms with Crippen molar-refractivity contribution >= 4 is 5.91 Å². The van der Waals surface area contributed by atoms with Gasteiger partial charge in [-0.05, 0) is 50.1 Å². The number of rotatable bonds is 6. The van der Waals surface area contributed by atoms with Crippen LogP contribution < -0.4 is 5.32 Å². The number of amides is 1. The van der Waals surface area contributed by atoms with E-state index in [1.54, 1.807) is 6.07 Å². The van der Waals surface area contributed by atoms with Crippen LogP contribution >= 0.6 is 0 Å². The zero-order valence-electron chi connectivity index (χ0n) is 11.6. The zero-order valence-corrected chi connectivity index (χ0v) is 11.6. The maximum absolute atomic E-state index is 12.2. The van der Waals surface area contributed by atoms with Gasteiger partial charge in [-0.2, -0.15) is 0 Å². The molecule has 1 unspecified atom stereocenters. The Morgan fingerprint density at radius 3 is 2.75 bits per heavy atom. The maximum atomic E-state index is 12.2. The van der Waals surface area contributed by atoms with Crippen LogP contribution in [-0.2, 0) is 0 Å². The fraction of sp³-hybridized carbons (Fsp3) is 0.312. The molecular formula is C16H20N2O2. The number of benzene rings is 1. The average Bonchev–Trinajstić information content (AvgIpc) is 2.99. The first-order valence-corrected chi connectivity index (χ1v) is 6.86. The number of hydrogen-bond acceptors (Lipinski definition) is 2. The van der Waals surface area contributed by atoms with Crippen LogP contribution in [0.15, 0.2) is 48.8 Å². The van der Waals surface area contributed by atoms with Crippen molar-refractivity contribution in [3.63, 3.8) is 0 Å². The van der Waals surface area contributed by atoms with Gasteiger partial charge in [0.15, 0.2) is 0 Å². The lowest BCUT2D eigenvalue weighted by Gasteiger charge is -2.13. The highest BCUT2D eigenvalue weighted by Crippen LogP contribution is 2.11. The van der Waals surface area contributed by atoms with Gasteiger partial charge < -0.3 is 15.0 Å². The number of carbonyl (C=O) groups is 1. The molecule has 1 aromatic carbocycles. The van der Waals surface area contributed by atoms with Crippen molar-refractivity contribution in [2.24, 2.45) is 0 Å². The summed E-state index contributed by atoms with van der Waals surface area (Å²) in [5.74, 6) is -0.0792. The molecule has 4 nitrogen and oxygen atoms in total. The predicted molar refractivity (Wildman–Crippen MR) is 79.0 cm³/mol. The summed E-state index contributed by atoms with van der Waals surface area (Å²) in [4.78, 5) is 12.2. The highest BCUT2D eigenvalue weighted by atomic mass is 16.3. The molecule has 0 aliphatic rings. The van der Waals surface area contributed by atoms with Crippen LogP contribution in [0.2, 0.25) is 0 Å². The second-order valence-corrected chi connectivity index (χ2v) is 4.88. The van der Waals surface area contributed by atoms with E-state index in [1.165, 1.54) is 0 Å². The second-order valence-electron chi connectivity index (χ2n) is 4.88. The largest absolute Gasteiger partial charge is 0.396 e. The number of aromatic nitrogens is 1. The van der Waals surface area contributed by atoms with E-state index in [0.29, 0.717) is 12.0 Å². The highest BCUT2D eigenvalue weighted by molar-refractivity contribution is 5.94. The van der Waals surface area contributed by atoms with E-state index in [1.807, 2.05) is 54.2 Å². The Labute approximate surface area is 119 Å². The van der Waals surface area contributed by atoms with E-state index in [4.69, 9.17) is 5.11 Å². The molecule has 0 radical (unpaired) electrons. The first kappa shape index (κ1) is 14.3. The van der Waals surface area contributed by atoms with E-state index in [0.717, 1.165) is 12.1 Å². The fourth-order valence-electron chi connectivity index (χ4n) is 2.09. The van der Waals surface area contributed by atoms with Crippen LogP contribution in [0.3, 0.4) is 0 Å². The third-order valence-electron chi connectivity index (χ3n) is 3.18. The summed E-state index contributed by atoms with van der Waals surface area (Å²) in [6, 6.07) is 11.5. The Kier molecular flexibility index (Phi) is 4.96. The normalized spacial score (nSPS) is 12.1. The van der Waals surface area contributed by atoms with Crippen molar-refractivity contribution in [2.75, 3.05) is 6.61 Å². The van der Waals surface area contributed by atoms with Crippen LogP contribution in [0, 0.1) is 0 Å². The van der Waals surface area contributed by atoms with Crippen LogP contribution in [0.4, 0.5) is 0 Å². The fourth-order valence-corrected chi connectivity index (χ4v) is 2.09. The molecule has 1 amide bonds. The number of nitrogens with zero attached hydrogens (tertiary/aromatic N) is 1. The van der Waals surface area contributed by atoms with Crippen molar-refractivity contribution in [1.29, 1.82) is 0 Å². The van der Waals surface area contributed by atoms with Crippen LogP contribution in [0.5, 0.6) is 0 Å². The molecule has 0 fully saturated rings. The maximum Gasteiger partial charge on any atom is 0.251 e. The van der Waals surface area contributed by atoms with Crippen molar-refractivity contribution in [3.05, 3.63) is 54.4 Å². The Morgan fingerprint density at radius 1 is 1.30 bits per heavy atom. The van der Waals surface area contributed by atoms with Gasteiger partial charge in [-0.15, -0.1) is 0 Å². The number of aliphatic hydroxyl groups excluding tert-OH is 1. The second kappa shape index (κ2) is 6.91. The predicted octanol–water partition coefficient (Wildman–Crippen LogP) is 2.37. The molecule has 2 rings (SSSR count). The van der Waals surface area contributed by atoms with Gasteiger partial charge in [0, 0.05) is 36.3 Å². The SMILES string of the molecule is CC(CCCO)NC(=O)c1cccc(-n2cccc2)c1. The molecule has 0 spiro atoms. The third-order valence-corrected chi connectivity index (χ3v) is 3.18. The van der Waals surface area contributed by atoms with Crippen molar-refractivity contribution < 1.29 is 9.90 Å². The van der Waals surface area contributed by atoms with Crippen LogP contribution in [0.1, 0.15) is 30.1 Å². The highest BCUT2D eigenvalue weighted by Gasteiger charge is 2.10. The van der Waals surface area contributed by atoms with Gasteiger partial charge in [-0.1, -0.05) is 6.07 Å². The lowest BCUT2D eigenvalue weighted by atomic mass is 10.1. The third kappa shape index (κ3) is 3.71. The minimum atomic E-state index is -0.0792. The molecule has 4 heteroatoms. The van der Waals surface area contributed by atoms with E-state index in [-0.39, 0.29) is 18.6 Å². The number of carbonyl (C=O) groups excluding carboxylic acids is 1. The van der Waals surface area contributed by atoms with Gasteiger partial charge in [0.2, 0.25) is 0 Å². The molecular weight excluding hydrogens is 252 g/mol. The first-order valence-electron chi connectivity index (χ1n) is 6.86. The van der Waals surface area contributed by atoms with E-state index in [2.05, 4.69) is 5.32 Å². The Balaban J connectivity index is 2.05. The molecule has 0 bridgehead atoms. The Hall–Kier alpha value is -2.07. The van der Waals surface area contributed by atoms with Crippen molar-refractivity contribution in [2.45, 2.75) is 25.8 Å². The number of aliphatic hydroxyl groups is 1. The number of nitrogens with one attached hydrogen (secondary N) is 1. The van der Waals surface area contributed by atoms with Crippen LogP contribution in [-0.4, -0.2) is 28.2 Å². The molecule has 106 valence electrons. The molecule has 0 aliphatic carbocycles. The summed E-state index contributed by atoms with van der Waals surface area (Å²) >= 11 is 0. The minimum absolute atomic E-state index is 0.0601. The van der Waals surface area contributed by atoms with Gasteiger partial charge in [0.05, 0.1) is 0 Å². The average molecular weight is 272 g/mol. The monoisotopic (exact) mass is 272 g/mol. The molecule has 1 atom stereocenters. The smallest absolute Gasteiger partial charge is 0.251 e. The molecule has 0 saturated carbocycles. The minimum Gasteiger partial charge on any atom is -0.396 e. The quantitative estimate of drug-likeness (QED) is 0.848. The summed E-state index contributed by atoms with van der Waals surface area (Å²) < 4.78 is 1.96. The molecule has 20 heavy (non-hydrogen) atoms. The van der Waals surface area contributed by atoms with Gasteiger partial charge in [-0.25, -0.2) is 0 Å². The van der Waals surface area contributed by atoms with Gasteiger partial charge >= 0.3 is 0 Å². The van der Waals surface area contributed by atoms with Gasteiger partial charge in [0.1, 0.15) is 0 Å². The molecule has 1 heterocycles. The zero-order chi connectivity index (χ0) is 14.4. The summed E-state index contributed by atoms with van der Waals surface area (Å²) in [7, 11) is 0. The van der Waals surface area contributed by atoms with Gasteiger partial charge in [0.25, 0.3) is 5.91 Å². The standard InChI is InChI=1S/C16H20N2O2/c1-13(6-5-11-19)17-16(20)14-7-4-8-15(12-14)18-9-2-3-10-18/h2-4,7-10,12-13,19H,5-6,11H2,1H3,(H,17,20). The summed E-state index contributed by atoms with van der Waals surface area (Å²) in [5, 5.41) is 11.7. The Bertz CT molecular complexity index is 549. The topological polar surface area (TPSA) is 54.3 Å². The van der Waals surface area contributed by atoms with E-state index in [9.17, 15) is 4.79 Å². The lowest BCUT2D eigenvalue weighted by molar-refractivity contribution is 0.0936. The summed E-state index contributed by atoms with van der Waals surface area (Å²) in [5.41, 5.74) is 1.61. The molecule has 0 aliphatic heterocycles. The molecule has 2 N–H and O–H groups in total. The molecule has 0 saturated heterocycles. The summed E-state index contributed by atoms with van der Waals surface area (Å²) in [6.07, 6.45) is 5.37. The van der Waals surface area contributed by atoms with Crippen LogP contribution in [0.25, 0.3) is 5.69 Å². The van der Waals surface area contributed by atoms with E-state index < -0.39 is 0 Å². The van der Waals surface area contributed by atoms with Crippen molar-refractivity contribution in [1.82, 2.24) is 9.88 Å². The Morgan fingerprint density at radius 2 is 2.05 bits per heavy atom. The first-order chi connectivity index (χ1) is 9.70. The van der Waals surface area contributed by atoms with E-state index >= 15 is 0 Å². The number of hydrogen-bond donors (Lipinski definition) is 2. The molecule has 2 aromatic rings. The summed E-state index contributed by atoms with van der Waals surface area (Å²) in [6.45, 7) is 2.10. The molecule has 1 aromatic heterocycles. The van der Waals surface area contributed by atoms with Crippen molar-refractivity contribution in [3.8, 4) is 5.69 Å².